The number of aromatic nitrogens is 1. The van der Waals surface area contributed by atoms with Crippen molar-refractivity contribution < 1.29 is 22.7 Å². The van der Waals surface area contributed by atoms with Gasteiger partial charge >= 0.3 is 0 Å². The Hall–Kier alpha value is -2.03. The highest BCUT2D eigenvalue weighted by Crippen LogP contribution is 2.31. The van der Waals surface area contributed by atoms with Crippen LogP contribution in [0.2, 0.25) is 0 Å². The van der Waals surface area contributed by atoms with Crippen LogP contribution < -0.4 is 5.73 Å². The average Bonchev–Trinajstić information content (AvgIpc) is 3.10. The maximum Gasteiger partial charge on any atom is 0.226 e. The monoisotopic (exact) mass is 427 g/mol. The fraction of sp³-hybridized carbons (Fsp3) is 0.500. The summed E-state index contributed by atoms with van der Waals surface area (Å²) < 4.78 is 38.0. The summed E-state index contributed by atoms with van der Waals surface area (Å²) in [5, 5.41) is 0. The normalized spacial score (nSPS) is 24.0. The lowest BCUT2D eigenvalue weighted by molar-refractivity contribution is -0.138. The Morgan fingerprint density at radius 2 is 2.00 bits per heavy atom. The van der Waals surface area contributed by atoms with E-state index in [2.05, 4.69) is 4.98 Å². The number of ether oxygens (including phenoxy) is 1. The van der Waals surface area contributed by atoms with Gasteiger partial charge in [0.05, 0.1) is 12.6 Å². The number of fused-ring (bicyclic) bond motifs is 1. The van der Waals surface area contributed by atoms with Crippen LogP contribution in [-0.4, -0.2) is 41.6 Å². The smallest absolute Gasteiger partial charge is 0.226 e. The van der Waals surface area contributed by atoms with Gasteiger partial charge in [-0.25, -0.2) is 13.8 Å². The van der Waals surface area contributed by atoms with Crippen molar-refractivity contribution in [1.29, 1.82) is 0 Å². The molecule has 1 amide bonds. The number of nitrogens with two attached hydrogens (primary N) is 1. The van der Waals surface area contributed by atoms with Crippen LogP contribution in [0.25, 0.3) is 11.5 Å². The Morgan fingerprint density at radius 3 is 2.66 bits per heavy atom. The fourth-order valence-electron chi connectivity index (χ4n) is 4.14. The van der Waals surface area contributed by atoms with Gasteiger partial charge in [0, 0.05) is 43.7 Å². The molecular formula is C20H24ClF2N3O3. The van der Waals surface area contributed by atoms with Gasteiger partial charge in [0.25, 0.3) is 0 Å². The van der Waals surface area contributed by atoms with Gasteiger partial charge in [-0.3, -0.25) is 4.79 Å². The van der Waals surface area contributed by atoms with Crippen molar-refractivity contribution in [2.45, 2.75) is 44.4 Å². The van der Waals surface area contributed by atoms with Crippen LogP contribution in [0.4, 0.5) is 8.78 Å². The quantitative estimate of drug-likeness (QED) is 0.814. The highest BCUT2D eigenvalue weighted by atomic mass is 35.5. The predicted octanol–water partition coefficient (Wildman–Crippen LogP) is 3.07. The van der Waals surface area contributed by atoms with Crippen molar-refractivity contribution in [2.24, 2.45) is 11.7 Å². The number of halogens is 3. The predicted molar refractivity (Wildman–Crippen MR) is 104 cm³/mol. The van der Waals surface area contributed by atoms with Gasteiger partial charge in [-0.05, 0) is 31.4 Å². The number of carbonyl (C=O) groups excluding carboxylic acids is 1. The van der Waals surface area contributed by atoms with Crippen LogP contribution in [0.5, 0.6) is 0 Å². The molecule has 158 valence electrons. The zero-order chi connectivity index (χ0) is 19.8. The topological polar surface area (TPSA) is 81.6 Å². The molecule has 1 aromatic heterocycles. The van der Waals surface area contributed by atoms with Crippen molar-refractivity contribution >= 4 is 18.3 Å². The molecule has 0 saturated heterocycles. The Bertz CT molecular complexity index is 872. The van der Waals surface area contributed by atoms with Crippen molar-refractivity contribution in [1.82, 2.24) is 9.88 Å². The third-order valence-corrected chi connectivity index (χ3v) is 5.63. The number of oxazole rings is 1. The first-order valence-corrected chi connectivity index (χ1v) is 9.47. The van der Waals surface area contributed by atoms with Gasteiger partial charge in [0.15, 0.2) is 0 Å². The molecular weight excluding hydrogens is 404 g/mol. The molecule has 9 heteroatoms. The van der Waals surface area contributed by atoms with Crippen molar-refractivity contribution in [3.63, 3.8) is 0 Å². The minimum Gasteiger partial charge on any atom is -0.441 e. The largest absolute Gasteiger partial charge is 0.441 e. The van der Waals surface area contributed by atoms with E-state index in [0.717, 1.165) is 18.9 Å². The summed E-state index contributed by atoms with van der Waals surface area (Å²) in [7, 11) is 1.64. The van der Waals surface area contributed by atoms with Crippen molar-refractivity contribution in [3.8, 4) is 11.5 Å². The summed E-state index contributed by atoms with van der Waals surface area (Å²) in [5.41, 5.74) is 7.01. The third-order valence-electron chi connectivity index (χ3n) is 5.63. The van der Waals surface area contributed by atoms with Crippen molar-refractivity contribution in [2.75, 3.05) is 13.7 Å². The summed E-state index contributed by atoms with van der Waals surface area (Å²) in [6.07, 6.45) is 2.65. The van der Waals surface area contributed by atoms with E-state index in [1.165, 1.54) is 12.1 Å². The molecule has 0 radical (unpaired) electrons. The fourth-order valence-corrected chi connectivity index (χ4v) is 4.14. The van der Waals surface area contributed by atoms with Crippen LogP contribution in [0.1, 0.15) is 30.7 Å². The maximum absolute atomic E-state index is 13.5. The zero-order valence-corrected chi connectivity index (χ0v) is 16.9. The van der Waals surface area contributed by atoms with E-state index in [-0.39, 0.29) is 47.8 Å². The Balaban J connectivity index is 0.00000240. The number of nitrogens with zero attached hydrogens (tertiary/aromatic N) is 2. The molecule has 6 nitrogen and oxygen atoms in total. The van der Waals surface area contributed by atoms with Gasteiger partial charge in [-0.1, -0.05) is 0 Å². The first-order chi connectivity index (χ1) is 13.4. The second-order valence-electron chi connectivity index (χ2n) is 7.50. The molecule has 2 heterocycles. The molecule has 1 aromatic carbocycles. The van der Waals surface area contributed by atoms with Gasteiger partial charge in [0.2, 0.25) is 11.8 Å². The van der Waals surface area contributed by atoms with Crippen LogP contribution in [0, 0.1) is 17.6 Å². The standard InChI is InChI=1S/C20H23F2N3O3.ClH/c1-27-17-3-2-11(8-15(17)23)20(26)25-5-4-18-16(10-25)24-19(28-18)12-6-13(21)9-14(22)7-12;/h6-7,9,11,15,17H,2-5,8,10,23H2,1H3;1H/t11-,15+,17+;/m0./s1. The Kier molecular flexibility index (Phi) is 6.55. The zero-order valence-electron chi connectivity index (χ0n) is 16.1. The number of amides is 1. The van der Waals surface area contributed by atoms with E-state index in [1.807, 2.05) is 0 Å². The second-order valence-corrected chi connectivity index (χ2v) is 7.50. The summed E-state index contributed by atoms with van der Waals surface area (Å²) in [6, 6.07) is 3.02. The summed E-state index contributed by atoms with van der Waals surface area (Å²) in [5.74, 6) is -0.607. The van der Waals surface area contributed by atoms with Gasteiger partial charge < -0.3 is 19.8 Å². The molecule has 4 rings (SSSR count). The van der Waals surface area contributed by atoms with E-state index in [1.54, 1.807) is 12.0 Å². The average molecular weight is 428 g/mol. The molecule has 3 atom stereocenters. The molecule has 1 aliphatic carbocycles. The molecule has 0 spiro atoms. The van der Waals surface area contributed by atoms with Gasteiger partial charge in [0.1, 0.15) is 23.1 Å². The van der Waals surface area contributed by atoms with E-state index in [0.29, 0.717) is 37.4 Å². The molecule has 2 aliphatic rings. The van der Waals surface area contributed by atoms with E-state index >= 15 is 0 Å². The minimum atomic E-state index is -0.689. The van der Waals surface area contributed by atoms with Crippen LogP contribution in [-0.2, 0) is 22.5 Å². The summed E-state index contributed by atoms with van der Waals surface area (Å²) in [4.78, 5) is 19.1. The van der Waals surface area contributed by atoms with Crippen LogP contribution in [0.3, 0.4) is 0 Å². The first kappa shape index (κ1) is 21.7. The lowest BCUT2D eigenvalue weighted by Crippen LogP contribution is -2.47. The Labute approximate surface area is 173 Å². The van der Waals surface area contributed by atoms with Gasteiger partial charge in [-0.15, -0.1) is 12.4 Å². The molecule has 1 saturated carbocycles. The molecule has 0 bridgehead atoms. The number of benzene rings is 1. The molecule has 1 aliphatic heterocycles. The number of rotatable bonds is 3. The highest BCUT2D eigenvalue weighted by Gasteiger charge is 2.35. The first-order valence-electron chi connectivity index (χ1n) is 9.47. The van der Waals surface area contributed by atoms with Gasteiger partial charge in [-0.2, -0.15) is 0 Å². The molecule has 2 aromatic rings. The highest BCUT2D eigenvalue weighted by molar-refractivity contribution is 5.85. The maximum atomic E-state index is 13.5. The van der Waals surface area contributed by atoms with Crippen LogP contribution in [0.15, 0.2) is 22.6 Å². The molecule has 0 unspecified atom stereocenters. The second kappa shape index (κ2) is 8.77. The number of methoxy groups -OCH3 is 1. The summed E-state index contributed by atoms with van der Waals surface area (Å²) in [6.45, 7) is 0.854. The molecule has 1 fully saturated rings. The molecule has 29 heavy (non-hydrogen) atoms. The molecule has 2 N–H and O–H groups in total. The lowest BCUT2D eigenvalue weighted by atomic mass is 9.83. The van der Waals surface area contributed by atoms with E-state index in [4.69, 9.17) is 14.9 Å². The van der Waals surface area contributed by atoms with E-state index < -0.39 is 11.6 Å². The SMILES string of the molecule is CO[C@@H]1CC[C@H](C(=O)N2CCc3oc(-c4cc(F)cc(F)c4)nc3C2)C[C@H]1N.Cl. The van der Waals surface area contributed by atoms with Crippen molar-refractivity contribution in [3.05, 3.63) is 41.3 Å². The van der Waals surface area contributed by atoms with Crippen LogP contribution >= 0.6 is 12.4 Å². The van der Waals surface area contributed by atoms with E-state index in [9.17, 15) is 13.6 Å². The minimum absolute atomic E-state index is 0. The number of hydrogen-bond acceptors (Lipinski definition) is 5. The number of carbonyl (C=O) groups is 1. The summed E-state index contributed by atoms with van der Waals surface area (Å²) >= 11 is 0. The Morgan fingerprint density at radius 1 is 1.28 bits per heavy atom. The third kappa shape index (κ3) is 4.44. The number of hydrogen-bond donors (Lipinski definition) is 1. The lowest BCUT2D eigenvalue weighted by Gasteiger charge is -2.35.